The van der Waals surface area contributed by atoms with E-state index in [4.69, 9.17) is 21.7 Å². The molecule has 2 aromatic carbocycles. The third-order valence-electron chi connectivity index (χ3n) is 5.45. The number of hydrogen-bond donors (Lipinski definition) is 2. The minimum atomic E-state index is -0.409. The van der Waals surface area contributed by atoms with Gasteiger partial charge in [0.1, 0.15) is 5.75 Å². The Morgan fingerprint density at radius 3 is 2.43 bits per heavy atom. The lowest BCUT2D eigenvalue weighted by molar-refractivity contribution is -0.138. The van der Waals surface area contributed by atoms with Crippen LogP contribution in [0, 0.1) is 0 Å². The van der Waals surface area contributed by atoms with E-state index >= 15 is 0 Å². The first kappa shape index (κ1) is 20.4. The highest BCUT2D eigenvalue weighted by Gasteiger charge is 2.33. The molecule has 5 nitrogen and oxygen atoms in total. The largest absolute Gasteiger partial charge is 0.490 e. The smallest absolute Gasteiger partial charge is 0.338 e. The molecule has 156 valence electrons. The highest BCUT2D eigenvalue weighted by atomic mass is 32.1. The molecule has 0 amide bonds. The van der Waals surface area contributed by atoms with Gasteiger partial charge in [-0.3, -0.25) is 0 Å². The average molecular weight is 423 g/mol. The molecule has 1 aliphatic carbocycles. The van der Waals surface area contributed by atoms with Crippen molar-refractivity contribution >= 4 is 29.0 Å². The van der Waals surface area contributed by atoms with Crippen molar-refractivity contribution in [2.75, 3.05) is 6.61 Å². The van der Waals surface area contributed by atoms with E-state index in [0.717, 1.165) is 29.7 Å². The molecule has 1 unspecified atom stereocenters. The predicted molar refractivity (Wildman–Crippen MR) is 121 cm³/mol. The molecule has 0 radical (unpaired) electrons. The zero-order valence-corrected chi connectivity index (χ0v) is 17.8. The maximum Gasteiger partial charge on any atom is 0.338 e. The summed E-state index contributed by atoms with van der Waals surface area (Å²) in [5, 5.41) is 6.86. The summed E-state index contributed by atoms with van der Waals surface area (Å²) in [7, 11) is 0. The third kappa shape index (κ3) is 4.49. The number of benzene rings is 2. The van der Waals surface area contributed by atoms with Crippen molar-refractivity contribution in [2.24, 2.45) is 0 Å². The van der Waals surface area contributed by atoms with Crippen LogP contribution in [0.25, 0.3) is 5.70 Å². The van der Waals surface area contributed by atoms with Gasteiger partial charge in [0.15, 0.2) is 5.11 Å². The first-order valence-corrected chi connectivity index (χ1v) is 10.9. The lowest BCUT2D eigenvalue weighted by Crippen LogP contribution is -2.45. The highest BCUT2D eigenvalue weighted by molar-refractivity contribution is 7.80. The molecule has 2 N–H and O–H groups in total. The van der Waals surface area contributed by atoms with Crippen molar-refractivity contribution in [1.29, 1.82) is 0 Å². The SMILES string of the molecule is CCOC(=O)C1=C(c2ccccc2)NC(=S)NC1c1ccc(OC2CCCC2)cc1. The first-order valence-electron chi connectivity index (χ1n) is 10.5. The minimum absolute atomic E-state index is 0.301. The lowest BCUT2D eigenvalue weighted by atomic mass is 9.93. The number of carbonyl (C=O) groups excluding carboxylic acids is 1. The van der Waals surface area contributed by atoms with Crippen LogP contribution in [0.5, 0.6) is 5.75 Å². The van der Waals surface area contributed by atoms with Gasteiger partial charge in [-0.1, -0.05) is 42.5 Å². The molecule has 1 heterocycles. The van der Waals surface area contributed by atoms with Gasteiger partial charge in [-0.25, -0.2) is 4.79 Å². The number of hydrogen-bond acceptors (Lipinski definition) is 4. The van der Waals surface area contributed by atoms with Gasteiger partial charge in [0.25, 0.3) is 0 Å². The summed E-state index contributed by atoms with van der Waals surface area (Å²) in [4.78, 5) is 12.9. The molecular weight excluding hydrogens is 396 g/mol. The average Bonchev–Trinajstić information content (AvgIpc) is 3.27. The van der Waals surface area contributed by atoms with Gasteiger partial charge in [-0.05, 0) is 68.1 Å². The number of rotatable bonds is 6. The van der Waals surface area contributed by atoms with E-state index in [9.17, 15) is 4.79 Å². The lowest BCUT2D eigenvalue weighted by Gasteiger charge is -2.31. The van der Waals surface area contributed by atoms with Crippen LogP contribution in [0.2, 0.25) is 0 Å². The third-order valence-corrected chi connectivity index (χ3v) is 5.67. The molecule has 1 fully saturated rings. The van der Waals surface area contributed by atoms with Gasteiger partial charge in [0.05, 0.1) is 30.0 Å². The number of carbonyl (C=O) groups is 1. The topological polar surface area (TPSA) is 59.6 Å². The van der Waals surface area contributed by atoms with E-state index < -0.39 is 6.04 Å². The molecule has 6 heteroatoms. The van der Waals surface area contributed by atoms with E-state index in [2.05, 4.69) is 10.6 Å². The van der Waals surface area contributed by atoms with Crippen LogP contribution in [-0.2, 0) is 9.53 Å². The zero-order chi connectivity index (χ0) is 20.9. The Labute approximate surface area is 182 Å². The summed E-state index contributed by atoms with van der Waals surface area (Å²) < 4.78 is 11.5. The molecule has 1 saturated carbocycles. The van der Waals surface area contributed by atoms with E-state index in [-0.39, 0.29) is 5.97 Å². The Morgan fingerprint density at radius 2 is 1.77 bits per heavy atom. The van der Waals surface area contributed by atoms with E-state index in [0.29, 0.717) is 29.1 Å². The molecule has 0 saturated heterocycles. The normalized spacial score (nSPS) is 19.2. The van der Waals surface area contributed by atoms with Gasteiger partial charge < -0.3 is 20.1 Å². The molecule has 1 aliphatic heterocycles. The molecular formula is C24H26N2O3S. The summed E-state index contributed by atoms with van der Waals surface area (Å²) in [6.07, 6.45) is 4.99. The Bertz CT molecular complexity index is 935. The molecule has 2 aromatic rings. The highest BCUT2D eigenvalue weighted by Crippen LogP contribution is 2.33. The van der Waals surface area contributed by atoms with Gasteiger partial charge in [-0.15, -0.1) is 0 Å². The second-order valence-corrected chi connectivity index (χ2v) is 7.91. The van der Waals surface area contributed by atoms with Crippen LogP contribution >= 0.6 is 12.2 Å². The van der Waals surface area contributed by atoms with Crippen molar-refractivity contribution in [3.63, 3.8) is 0 Å². The van der Waals surface area contributed by atoms with E-state index in [1.807, 2.05) is 54.6 Å². The second-order valence-electron chi connectivity index (χ2n) is 7.50. The maximum atomic E-state index is 12.9. The quantitative estimate of drug-likeness (QED) is 0.528. The predicted octanol–water partition coefficient (Wildman–Crippen LogP) is 4.50. The van der Waals surface area contributed by atoms with E-state index in [1.54, 1.807) is 6.92 Å². The second kappa shape index (κ2) is 9.30. The number of ether oxygens (including phenoxy) is 2. The summed E-state index contributed by atoms with van der Waals surface area (Å²) in [5.74, 6) is 0.488. The molecule has 4 rings (SSSR count). The number of thiocarbonyl (C=S) groups is 1. The Morgan fingerprint density at radius 1 is 1.07 bits per heavy atom. The van der Waals surface area contributed by atoms with Crippen LogP contribution in [-0.4, -0.2) is 23.8 Å². The van der Waals surface area contributed by atoms with Crippen LogP contribution in [0.4, 0.5) is 0 Å². The van der Waals surface area contributed by atoms with Crippen LogP contribution in [0.1, 0.15) is 49.8 Å². The molecule has 0 aromatic heterocycles. The standard InChI is InChI=1S/C24H26N2O3S/c1-2-28-23(27)20-21(16-8-4-3-5-9-16)25-24(30)26-22(20)17-12-14-19(15-13-17)29-18-10-6-7-11-18/h3-5,8-9,12-15,18,22H,2,6-7,10-11H2,1H3,(H2,25,26,30). The zero-order valence-electron chi connectivity index (χ0n) is 17.0. The molecule has 0 bridgehead atoms. The first-order chi connectivity index (χ1) is 14.7. The fourth-order valence-corrected chi connectivity index (χ4v) is 4.23. The summed E-state index contributed by atoms with van der Waals surface area (Å²) >= 11 is 5.45. The van der Waals surface area contributed by atoms with E-state index in [1.165, 1.54) is 12.8 Å². The molecule has 0 spiro atoms. The Hall–Kier alpha value is -2.86. The van der Waals surface area contributed by atoms with Crippen molar-refractivity contribution in [3.05, 3.63) is 71.3 Å². The van der Waals surface area contributed by atoms with Crippen molar-refractivity contribution in [3.8, 4) is 5.75 Å². The monoisotopic (exact) mass is 422 g/mol. The number of esters is 1. The van der Waals surface area contributed by atoms with Gasteiger partial charge >= 0.3 is 5.97 Å². The summed E-state index contributed by atoms with van der Waals surface area (Å²) in [5.41, 5.74) is 3.00. The van der Waals surface area contributed by atoms with Gasteiger partial charge in [0.2, 0.25) is 0 Å². The minimum Gasteiger partial charge on any atom is -0.490 e. The van der Waals surface area contributed by atoms with Crippen LogP contribution in [0.3, 0.4) is 0 Å². The van der Waals surface area contributed by atoms with Crippen LogP contribution < -0.4 is 15.4 Å². The van der Waals surface area contributed by atoms with Crippen LogP contribution in [0.15, 0.2) is 60.2 Å². The molecule has 1 atom stereocenters. The Kier molecular flexibility index (Phi) is 6.33. The van der Waals surface area contributed by atoms with Crippen molar-refractivity contribution in [1.82, 2.24) is 10.6 Å². The summed E-state index contributed by atoms with van der Waals surface area (Å²) in [6.45, 7) is 2.11. The summed E-state index contributed by atoms with van der Waals surface area (Å²) in [6, 6.07) is 17.2. The number of nitrogens with one attached hydrogen (secondary N) is 2. The molecule has 30 heavy (non-hydrogen) atoms. The maximum absolute atomic E-state index is 12.9. The van der Waals surface area contributed by atoms with Crippen molar-refractivity contribution in [2.45, 2.75) is 44.8 Å². The Balaban J connectivity index is 1.69. The fraction of sp³-hybridized carbons (Fsp3) is 0.333. The van der Waals surface area contributed by atoms with Crippen molar-refractivity contribution < 1.29 is 14.3 Å². The fourth-order valence-electron chi connectivity index (χ4n) is 4.01. The van der Waals surface area contributed by atoms with Gasteiger partial charge in [-0.2, -0.15) is 0 Å². The molecule has 2 aliphatic rings. The van der Waals surface area contributed by atoms with Gasteiger partial charge in [0, 0.05) is 0 Å².